The smallest absolute Gasteiger partial charge is 0.316 e. The number of benzene rings is 2. The highest BCUT2D eigenvalue weighted by Crippen LogP contribution is 2.29. The van der Waals surface area contributed by atoms with Crippen molar-refractivity contribution in [3.05, 3.63) is 48.0 Å². The van der Waals surface area contributed by atoms with E-state index in [-0.39, 0.29) is 0 Å². The zero-order valence-electron chi connectivity index (χ0n) is 12.2. The Hall–Kier alpha value is -3.02. The summed E-state index contributed by atoms with van der Waals surface area (Å²) in [4.78, 5) is 4.27. The maximum atomic E-state index is 5.52. The molecule has 3 aromatic rings. The van der Waals surface area contributed by atoms with Gasteiger partial charge in [-0.2, -0.15) is 10.1 Å². The topological polar surface area (TPSA) is 68.9 Å². The standard InChI is InChI=1S/C16H15N3O3/c1-20-14-9-5-6-11(15(14)21-2)10-17-19-16-18-12-7-3-4-8-13(12)22-16/h3-10H,1-2H3,(H,18,19). The lowest BCUT2D eigenvalue weighted by Gasteiger charge is -2.09. The van der Waals surface area contributed by atoms with Crippen LogP contribution in [0.4, 0.5) is 6.01 Å². The van der Waals surface area contributed by atoms with Gasteiger partial charge >= 0.3 is 6.01 Å². The van der Waals surface area contributed by atoms with Gasteiger partial charge in [0, 0.05) is 5.56 Å². The Balaban J connectivity index is 1.80. The second kappa shape index (κ2) is 6.17. The minimum atomic E-state index is 0.333. The van der Waals surface area contributed by atoms with Crippen molar-refractivity contribution in [3.8, 4) is 11.5 Å². The van der Waals surface area contributed by atoms with Crippen LogP contribution < -0.4 is 14.9 Å². The summed E-state index contributed by atoms with van der Waals surface area (Å²) in [6.07, 6.45) is 1.62. The number of ether oxygens (including phenoxy) is 2. The number of nitrogens with one attached hydrogen (secondary N) is 1. The van der Waals surface area contributed by atoms with Gasteiger partial charge in [0.2, 0.25) is 0 Å². The normalized spacial score (nSPS) is 11.0. The molecule has 0 saturated heterocycles. The molecule has 0 amide bonds. The molecule has 0 bridgehead atoms. The van der Waals surface area contributed by atoms with E-state index in [4.69, 9.17) is 13.9 Å². The molecule has 6 heteroatoms. The van der Waals surface area contributed by atoms with E-state index in [2.05, 4.69) is 15.5 Å². The first-order chi connectivity index (χ1) is 10.8. The van der Waals surface area contributed by atoms with Crippen LogP contribution in [0.5, 0.6) is 11.5 Å². The number of fused-ring (bicyclic) bond motifs is 1. The van der Waals surface area contributed by atoms with E-state index < -0.39 is 0 Å². The molecule has 2 aromatic carbocycles. The first-order valence-corrected chi connectivity index (χ1v) is 6.67. The molecule has 0 aliphatic heterocycles. The maximum absolute atomic E-state index is 5.52. The lowest BCUT2D eigenvalue weighted by atomic mass is 10.2. The number of hydrazone groups is 1. The highest BCUT2D eigenvalue weighted by atomic mass is 16.5. The summed E-state index contributed by atoms with van der Waals surface area (Å²) in [6.45, 7) is 0. The minimum absolute atomic E-state index is 0.333. The summed E-state index contributed by atoms with van der Waals surface area (Å²) >= 11 is 0. The molecule has 0 aliphatic carbocycles. The molecule has 0 fully saturated rings. The number of methoxy groups -OCH3 is 2. The summed E-state index contributed by atoms with van der Waals surface area (Å²) in [5.74, 6) is 1.27. The van der Waals surface area contributed by atoms with Crippen LogP contribution in [0.15, 0.2) is 52.0 Å². The quantitative estimate of drug-likeness (QED) is 0.578. The van der Waals surface area contributed by atoms with Crippen molar-refractivity contribution in [2.24, 2.45) is 5.10 Å². The summed E-state index contributed by atoms with van der Waals surface area (Å²) in [6, 6.07) is 13.4. The van der Waals surface area contributed by atoms with Gasteiger partial charge in [0.15, 0.2) is 17.1 Å². The zero-order chi connectivity index (χ0) is 15.4. The fourth-order valence-electron chi connectivity index (χ4n) is 2.09. The fourth-order valence-corrected chi connectivity index (χ4v) is 2.09. The van der Waals surface area contributed by atoms with Gasteiger partial charge in [-0.15, -0.1) is 0 Å². The maximum Gasteiger partial charge on any atom is 0.316 e. The zero-order valence-corrected chi connectivity index (χ0v) is 12.2. The van der Waals surface area contributed by atoms with E-state index >= 15 is 0 Å². The third kappa shape index (κ3) is 2.71. The SMILES string of the molecule is COc1cccc(C=NNc2nc3ccccc3o2)c1OC. The first kappa shape index (κ1) is 13.9. The molecule has 6 nitrogen and oxygen atoms in total. The van der Waals surface area contributed by atoms with Gasteiger partial charge < -0.3 is 13.9 Å². The predicted molar refractivity (Wildman–Crippen MR) is 84.8 cm³/mol. The molecule has 0 atom stereocenters. The lowest BCUT2D eigenvalue weighted by molar-refractivity contribution is 0.354. The Morgan fingerprint density at radius 1 is 1.09 bits per heavy atom. The summed E-state index contributed by atoms with van der Waals surface area (Å²) < 4.78 is 16.1. The van der Waals surface area contributed by atoms with Crippen molar-refractivity contribution < 1.29 is 13.9 Å². The van der Waals surface area contributed by atoms with Crippen LogP contribution in [-0.2, 0) is 0 Å². The number of hydrogen-bond donors (Lipinski definition) is 1. The van der Waals surface area contributed by atoms with E-state index in [1.54, 1.807) is 20.4 Å². The van der Waals surface area contributed by atoms with Crippen LogP contribution in [0.2, 0.25) is 0 Å². The number of nitrogens with zero attached hydrogens (tertiary/aromatic N) is 2. The van der Waals surface area contributed by atoms with E-state index in [0.29, 0.717) is 23.1 Å². The Bertz CT molecular complexity index is 778. The first-order valence-electron chi connectivity index (χ1n) is 6.67. The molecule has 0 unspecified atom stereocenters. The molecule has 0 aliphatic rings. The van der Waals surface area contributed by atoms with Gasteiger partial charge in [0.1, 0.15) is 5.52 Å². The number of para-hydroxylation sites is 3. The van der Waals surface area contributed by atoms with Gasteiger partial charge in [-0.3, -0.25) is 0 Å². The molecule has 1 heterocycles. The minimum Gasteiger partial charge on any atom is -0.493 e. The second-order valence-electron chi connectivity index (χ2n) is 4.44. The van der Waals surface area contributed by atoms with Crippen molar-refractivity contribution >= 4 is 23.3 Å². The number of rotatable bonds is 5. The molecule has 22 heavy (non-hydrogen) atoms. The van der Waals surface area contributed by atoms with E-state index in [1.807, 2.05) is 42.5 Å². The van der Waals surface area contributed by atoms with Crippen LogP contribution >= 0.6 is 0 Å². The largest absolute Gasteiger partial charge is 0.493 e. The number of anilines is 1. The molecular formula is C16H15N3O3. The summed E-state index contributed by atoms with van der Waals surface area (Å²) in [5, 5.41) is 4.12. The van der Waals surface area contributed by atoms with Crippen molar-refractivity contribution in [3.63, 3.8) is 0 Å². The van der Waals surface area contributed by atoms with Crippen LogP contribution in [0.3, 0.4) is 0 Å². The molecule has 3 rings (SSSR count). The Labute approximate surface area is 127 Å². The van der Waals surface area contributed by atoms with E-state index in [0.717, 1.165) is 11.1 Å². The van der Waals surface area contributed by atoms with Crippen molar-refractivity contribution in [2.45, 2.75) is 0 Å². The van der Waals surface area contributed by atoms with Gasteiger partial charge in [-0.05, 0) is 24.3 Å². The highest BCUT2D eigenvalue weighted by molar-refractivity contribution is 5.85. The molecular weight excluding hydrogens is 282 g/mol. The predicted octanol–water partition coefficient (Wildman–Crippen LogP) is 3.29. The lowest BCUT2D eigenvalue weighted by Crippen LogP contribution is -1.96. The van der Waals surface area contributed by atoms with E-state index in [1.165, 1.54) is 0 Å². The third-order valence-corrected chi connectivity index (χ3v) is 3.09. The molecule has 0 saturated carbocycles. The molecule has 112 valence electrons. The Kier molecular flexibility index (Phi) is 3.91. The number of aromatic nitrogens is 1. The average molecular weight is 297 g/mol. The van der Waals surface area contributed by atoms with Crippen molar-refractivity contribution in [1.82, 2.24) is 4.98 Å². The van der Waals surface area contributed by atoms with Crippen LogP contribution in [-0.4, -0.2) is 25.4 Å². The Morgan fingerprint density at radius 2 is 1.95 bits per heavy atom. The van der Waals surface area contributed by atoms with Crippen molar-refractivity contribution in [1.29, 1.82) is 0 Å². The number of oxazole rings is 1. The van der Waals surface area contributed by atoms with Gasteiger partial charge in [0.25, 0.3) is 0 Å². The molecule has 0 radical (unpaired) electrons. The Morgan fingerprint density at radius 3 is 2.73 bits per heavy atom. The molecule has 1 N–H and O–H groups in total. The van der Waals surface area contributed by atoms with Crippen molar-refractivity contribution in [2.75, 3.05) is 19.6 Å². The molecule has 0 spiro atoms. The van der Waals surface area contributed by atoms with Crippen LogP contribution in [0.1, 0.15) is 5.56 Å². The average Bonchev–Trinajstić information content (AvgIpc) is 2.97. The monoisotopic (exact) mass is 297 g/mol. The molecule has 1 aromatic heterocycles. The van der Waals surface area contributed by atoms with E-state index in [9.17, 15) is 0 Å². The number of hydrogen-bond acceptors (Lipinski definition) is 6. The third-order valence-electron chi connectivity index (χ3n) is 3.09. The van der Waals surface area contributed by atoms with Gasteiger partial charge in [-0.1, -0.05) is 18.2 Å². The summed E-state index contributed by atoms with van der Waals surface area (Å²) in [5.41, 5.74) is 5.03. The van der Waals surface area contributed by atoms with Crippen LogP contribution in [0.25, 0.3) is 11.1 Å². The second-order valence-corrected chi connectivity index (χ2v) is 4.44. The fraction of sp³-hybridized carbons (Fsp3) is 0.125. The highest BCUT2D eigenvalue weighted by Gasteiger charge is 2.07. The van der Waals surface area contributed by atoms with Gasteiger partial charge in [0.05, 0.1) is 20.4 Å². The van der Waals surface area contributed by atoms with Crippen LogP contribution in [0, 0.1) is 0 Å². The van der Waals surface area contributed by atoms with Gasteiger partial charge in [-0.25, -0.2) is 5.43 Å². The summed E-state index contributed by atoms with van der Waals surface area (Å²) in [7, 11) is 3.18.